The number of hydrogen-bond donors (Lipinski definition) is 0. The molecule has 0 aliphatic rings. The van der Waals surface area contributed by atoms with Crippen LogP contribution in [0.5, 0.6) is 0 Å². The fourth-order valence-corrected chi connectivity index (χ4v) is 0.659. The summed E-state index contributed by atoms with van der Waals surface area (Å²) in [6.07, 6.45) is 3.34. The monoisotopic (exact) mass is 139 g/mol. The second kappa shape index (κ2) is 3.06. The largest absolute Gasteiger partial charge is 0.303 e. The SMILES string of the molecule is O=CCc1ccncc1F. The van der Waals surface area contributed by atoms with Crippen LogP contribution < -0.4 is 0 Å². The molecule has 0 aromatic carbocycles. The molecule has 0 radical (unpaired) electrons. The van der Waals surface area contributed by atoms with Gasteiger partial charge in [0.15, 0.2) is 0 Å². The van der Waals surface area contributed by atoms with Gasteiger partial charge in [0.25, 0.3) is 0 Å². The first-order chi connectivity index (χ1) is 4.84. The van der Waals surface area contributed by atoms with Crippen molar-refractivity contribution in [3.8, 4) is 0 Å². The van der Waals surface area contributed by atoms with Crippen LogP contribution in [0.25, 0.3) is 0 Å². The minimum atomic E-state index is -0.422. The van der Waals surface area contributed by atoms with Gasteiger partial charge >= 0.3 is 0 Å². The molecule has 0 saturated heterocycles. The van der Waals surface area contributed by atoms with Crippen LogP contribution in [-0.2, 0) is 11.2 Å². The molecule has 0 bridgehead atoms. The van der Waals surface area contributed by atoms with Gasteiger partial charge in [-0.15, -0.1) is 0 Å². The topological polar surface area (TPSA) is 30.0 Å². The molecule has 0 saturated carbocycles. The Balaban J connectivity index is 2.91. The van der Waals surface area contributed by atoms with E-state index in [0.717, 1.165) is 6.20 Å². The van der Waals surface area contributed by atoms with E-state index in [0.29, 0.717) is 11.8 Å². The molecule has 10 heavy (non-hydrogen) atoms. The molecule has 1 aromatic heterocycles. The Labute approximate surface area is 57.7 Å². The van der Waals surface area contributed by atoms with E-state index in [2.05, 4.69) is 4.98 Å². The van der Waals surface area contributed by atoms with E-state index >= 15 is 0 Å². The van der Waals surface area contributed by atoms with Gasteiger partial charge in [-0.05, 0) is 11.6 Å². The van der Waals surface area contributed by atoms with E-state index < -0.39 is 5.82 Å². The van der Waals surface area contributed by atoms with Gasteiger partial charge in [-0.2, -0.15) is 0 Å². The lowest BCUT2D eigenvalue weighted by molar-refractivity contribution is -0.107. The summed E-state index contributed by atoms with van der Waals surface area (Å²) in [5.74, 6) is -0.422. The molecule has 0 fully saturated rings. The number of aromatic nitrogens is 1. The third-order valence-electron chi connectivity index (χ3n) is 1.16. The van der Waals surface area contributed by atoms with Crippen molar-refractivity contribution >= 4 is 6.29 Å². The van der Waals surface area contributed by atoms with E-state index in [-0.39, 0.29) is 6.42 Å². The Morgan fingerprint density at radius 3 is 3.10 bits per heavy atom. The highest BCUT2D eigenvalue weighted by Gasteiger charge is 1.97. The molecule has 0 aliphatic heterocycles. The fraction of sp³-hybridized carbons (Fsp3) is 0.143. The first kappa shape index (κ1) is 6.86. The number of aldehydes is 1. The zero-order chi connectivity index (χ0) is 7.40. The maximum Gasteiger partial charge on any atom is 0.145 e. The Morgan fingerprint density at radius 2 is 2.50 bits per heavy atom. The summed E-state index contributed by atoms with van der Waals surface area (Å²) in [6.45, 7) is 0. The summed E-state index contributed by atoms with van der Waals surface area (Å²) in [4.78, 5) is 13.5. The number of carbonyl (C=O) groups is 1. The Hall–Kier alpha value is -1.25. The normalized spacial score (nSPS) is 9.30. The van der Waals surface area contributed by atoms with Crippen molar-refractivity contribution in [3.05, 3.63) is 29.8 Å². The zero-order valence-corrected chi connectivity index (χ0v) is 5.25. The standard InChI is InChI=1S/C7H6FNO/c8-7-5-9-3-1-6(7)2-4-10/h1,3-5H,2H2. The average molecular weight is 139 g/mol. The molecule has 0 atom stereocenters. The molecule has 0 unspecified atom stereocenters. The molecule has 0 aliphatic carbocycles. The molecular formula is C7H6FNO. The van der Waals surface area contributed by atoms with E-state index in [1.807, 2.05) is 0 Å². The van der Waals surface area contributed by atoms with Gasteiger partial charge in [0, 0.05) is 12.6 Å². The Morgan fingerprint density at radius 1 is 1.70 bits per heavy atom. The van der Waals surface area contributed by atoms with E-state index in [4.69, 9.17) is 0 Å². The number of halogens is 1. The fourth-order valence-electron chi connectivity index (χ4n) is 0.659. The smallest absolute Gasteiger partial charge is 0.145 e. The minimum Gasteiger partial charge on any atom is -0.303 e. The summed E-state index contributed by atoms with van der Waals surface area (Å²) < 4.78 is 12.6. The average Bonchev–Trinajstić information content (AvgIpc) is 1.94. The summed E-state index contributed by atoms with van der Waals surface area (Å²) in [7, 11) is 0. The maximum atomic E-state index is 12.6. The van der Waals surface area contributed by atoms with Crippen molar-refractivity contribution in [1.29, 1.82) is 0 Å². The number of rotatable bonds is 2. The third kappa shape index (κ3) is 1.37. The molecule has 52 valence electrons. The van der Waals surface area contributed by atoms with Gasteiger partial charge < -0.3 is 4.79 Å². The van der Waals surface area contributed by atoms with Crippen LogP contribution in [0, 0.1) is 5.82 Å². The lowest BCUT2D eigenvalue weighted by atomic mass is 10.2. The lowest BCUT2D eigenvalue weighted by Crippen LogP contribution is -1.91. The third-order valence-corrected chi connectivity index (χ3v) is 1.16. The summed E-state index contributed by atoms with van der Waals surface area (Å²) >= 11 is 0. The summed E-state index contributed by atoms with van der Waals surface area (Å²) in [6, 6.07) is 1.49. The van der Waals surface area contributed by atoms with Crippen molar-refractivity contribution in [2.24, 2.45) is 0 Å². The van der Waals surface area contributed by atoms with Crippen molar-refractivity contribution in [3.63, 3.8) is 0 Å². The second-order valence-electron chi connectivity index (χ2n) is 1.84. The van der Waals surface area contributed by atoms with Crippen molar-refractivity contribution in [2.45, 2.75) is 6.42 Å². The zero-order valence-electron chi connectivity index (χ0n) is 5.25. The molecule has 0 N–H and O–H groups in total. The quantitative estimate of drug-likeness (QED) is 0.571. The van der Waals surface area contributed by atoms with Crippen LogP contribution in [0.15, 0.2) is 18.5 Å². The molecule has 1 rings (SSSR count). The highest BCUT2D eigenvalue weighted by Crippen LogP contribution is 2.02. The highest BCUT2D eigenvalue weighted by molar-refractivity contribution is 5.54. The minimum absolute atomic E-state index is 0.119. The van der Waals surface area contributed by atoms with Gasteiger partial charge in [-0.3, -0.25) is 4.98 Å². The number of pyridine rings is 1. The number of hydrogen-bond acceptors (Lipinski definition) is 2. The summed E-state index contributed by atoms with van der Waals surface area (Å²) in [5, 5.41) is 0. The predicted octanol–water partition coefficient (Wildman–Crippen LogP) is 0.962. The van der Waals surface area contributed by atoms with E-state index in [1.165, 1.54) is 12.3 Å². The Kier molecular flexibility index (Phi) is 2.10. The maximum absolute atomic E-state index is 12.6. The van der Waals surface area contributed by atoms with Gasteiger partial charge in [-0.1, -0.05) is 0 Å². The summed E-state index contributed by atoms with van der Waals surface area (Å²) in [5.41, 5.74) is 0.394. The highest BCUT2D eigenvalue weighted by atomic mass is 19.1. The molecular weight excluding hydrogens is 133 g/mol. The van der Waals surface area contributed by atoms with Gasteiger partial charge in [-0.25, -0.2) is 4.39 Å². The van der Waals surface area contributed by atoms with Crippen LogP contribution >= 0.6 is 0 Å². The van der Waals surface area contributed by atoms with Crippen molar-refractivity contribution < 1.29 is 9.18 Å². The molecule has 0 amide bonds. The van der Waals surface area contributed by atoms with Crippen LogP contribution in [0.4, 0.5) is 4.39 Å². The van der Waals surface area contributed by atoms with Crippen molar-refractivity contribution in [1.82, 2.24) is 4.98 Å². The number of carbonyl (C=O) groups excluding carboxylic acids is 1. The second-order valence-corrected chi connectivity index (χ2v) is 1.84. The van der Waals surface area contributed by atoms with Gasteiger partial charge in [0.1, 0.15) is 12.1 Å². The number of nitrogens with zero attached hydrogens (tertiary/aromatic N) is 1. The van der Waals surface area contributed by atoms with Crippen LogP contribution in [0.3, 0.4) is 0 Å². The van der Waals surface area contributed by atoms with E-state index in [9.17, 15) is 9.18 Å². The Bertz CT molecular complexity index is 237. The molecule has 1 aromatic rings. The molecule has 1 heterocycles. The van der Waals surface area contributed by atoms with Crippen LogP contribution in [0.2, 0.25) is 0 Å². The van der Waals surface area contributed by atoms with Crippen molar-refractivity contribution in [2.75, 3.05) is 0 Å². The van der Waals surface area contributed by atoms with Crippen LogP contribution in [0.1, 0.15) is 5.56 Å². The predicted molar refractivity (Wildman–Crippen MR) is 34.0 cm³/mol. The molecule has 2 nitrogen and oxygen atoms in total. The van der Waals surface area contributed by atoms with E-state index in [1.54, 1.807) is 0 Å². The van der Waals surface area contributed by atoms with Crippen LogP contribution in [-0.4, -0.2) is 11.3 Å². The molecule has 0 spiro atoms. The lowest BCUT2D eigenvalue weighted by Gasteiger charge is -1.93. The first-order valence-corrected chi connectivity index (χ1v) is 2.86. The molecule has 3 heteroatoms. The van der Waals surface area contributed by atoms with Gasteiger partial charge in [0.05, 0.1) is 6.20 Å². The first-order valence-electron chi connectivity index (χ1n) is 2.86. The van der Waals surface area contributed by atoms with Gasteiger partial charge in [0.2, 0.25) is 0 Å².